The Morgan fingerprint density at radius 3 is 2.50 bits per heavy atom. The molecule has 1 unspecified atom stereocenters. The Bertz CT molecular complexity index is 875. The number of hydrogen-bond acceptors (Lipinski definition) is 6. The van der Waals surface area contributed by atoms with Crippen LogP contribution in [0.4, 0.5) is 0 Å². The highest BCUT2D eigenvalue weighted by molar-refractivity contribution is 7.59. The van der Waals surface area contributed by atoms with Crippen molar-refractivity contribution in [3.63, 3.8) is 0 Å². The van der Waals surface area contributed by atoms with E-state index in [9.17, 15) is 19.2 Å². The Balaban J connectivity index is 0.00000578. The summed E-state index contributed by atoms with van der Waals surface area (Å²) < 4.78 is 5.32. The van der Waals surface area contributed by atoms with E-state index < -0.39 is 29.7 Å². The average Bonchev–Trinajstić information content (AvgIpc) is 2.97. The molecule has 9 heteroatoms. The smallest absolute Gasteiger partial charge is 0.379 e. The summed E-state index contributed by atoms with van der Waals surface area (Å²) in [4.78, 5) is 50.1. The standard InChI is InChI=1S/C25H36N2O6.H2S/c1-5-25(13-6-7-14-27(4)16-25)18-9-8-10-19(15-18)33-24(32)20(28)11-12-21(29)26-22(17(2)3)23(30)31;/h8-10,15,17,22H,5-7,11-14,16H2,1-4H3,(H,26,29)(H,30,31);1H2/t22-,25?;/m0./s1. The van der Waals surface area contributed by atoms with Gasteiger partial charge in [-0.25, -0.2) is 9.59 Å². The van der Waals surface area contributed by atoms with Gasteiger partial charge in [-0.1, -0.05) is 39.3 Å². The molecule has 2 N–H and O–H groups in total. The average molecular weight is 495 g/mol. The Morgan fingerprint density at radius 1 is 1.18 bits per heavy atom. The molecule has 190 valence electrons. The van der Waals surface area contributed by atoms with Crippen LogP contribution in [-0.4, -0.2) is 59.8 Å². The van der Waals surface area contributed by atoms with Crippen LogP contribution in [0.2, 0.25) is 0 Å². The first-order valence-electron chi connectivity index (χ1n) is 11.6. The predicted molar refractivity (Wildman–Crippen MR) is 134 cm³/mol. The maximum absolute atomic E-state index is 12.3. The second-order valence-electron chi connectivity index (χ2n) is 9.30. The SMILES string of the molecule is CCC1(c2cccc(OC(=O)C(=O)CCC(=O)N[C@H](C(=O)O)C(C)C)c2)CCCCN(C)C1.S. The summed E-state index contributed by atoms with van der Waals surface area (Å²) in [6.45, 7) is 7.49. The molecule has 34 heavy (non-hydrogen) atoms. The molecule has 0 aliphatic carbocycles. The number of rotatable bonds is 10. The second kappa shape index (κ2) is 13.5. The number of ether oxygens (including phenoxy) is 1. The number of esters is 1. The summed E-state index contributed by atoms with van der Waals surface area (Å²) in [5, 5.41) is 11.5. The van der Waals surface area contributed by atoms with Crippen molar-refractivity contribution >= 4 is 37.1 Å². The number of Topliss-reactive ketones (excluding diaryl/α,β-unsaturated/α-hetero) is 1. The van der Waals surface area contributed by atoms with Crippen molar-refractivity contribution in [2.45, 2.75) is 70.8 Å². The third-order valence-electron chi connectivity index (χ3n) is 6.41. The van der Waals surface area contributed by atoms with Crippen LogP contribution in [0, 0.1) is 5.92 Å². The van der Waals surface area contributed by atoms with Crippen LogP contribution in [0.25, 0.3) is 0 Å². The number of aliphatic carboxylic acids is 1. The summed E-state index contributed by atoms with van der Waals surface area (Å²) in [6, 6.07) is 6.30. The van der Waals surface area contributed by atoms with Crippen LogP contribution < -0.4 is 10.1 Å². The van der Waals surface area contributed by atoms with Crippen LogP contribution in [0.15, 0.2) is 24.3 Å². The van der Waals surface area contributed by atoms with Crippen LogP contribution in [0.1, 0.15) is 64.9 Å². The number of nitrogens with zero attached hydrogens (tertiary/aromatic N) is 1. The van der Waals surface area contributed by atoms with Crippen molar-refractivity contribution in [1.82, 2.24) is 10.2 Å². The fraction of sp³-hybridized carbons (Fsp3) is 0.600. The molecule has 1 amide bonds. The number of nitrogens with one attached hydrogen (secondary N) is 1. The van der Waals surface area contributed by atoms with Gasteiger partial charge >= 0.3 is 11.9 Å². The molecular formula is C25H38N2O6S. The van der Waals surface area contributed by atoms with Gasteiger partial charge in [0, 0.05) is 24.8 Å². The van der Waals surface area contributed by atoms with E-state index in [2.05, 4.69) is 24.2 Å². The van der Waals surface area contributed by atoms with Crippen molar-refractivity contribution in [2.75, 3.05) is 20.1 Å². The molecule has 1 saturated heterocycles. The number of carbonyl (C=O) groups is 4. The fourth-order valence-electron chi connectivity index (χ4n) is 4.39. The molecule has 0 spiro atoms. The van der Waals surface area contributed by atoms with Crippen molar-refractivity contribution in [3.8, 4) is 5.75 Å². The van der Waals surface area contributed by atoms with Gasteiger partial charge in [-0.05, 0) is 56.5 Å². The second-order valence-corrected chi connectivity index (χ2v) is 9.30. The minimum Gasteiger partial charge on any atom is -0.480 e. The van der Waals surface area contributed by atoms with E-state index in [1.165, 1.54) is 0 Å². The number of hydrogen-bond donors (Lipinski definition) is 2. The highest BCUT2D eigenvalue weighted by Crippen LogP contribution is 2.37. The zero-order chi connectivity index (χ0) is 24.6. The van der Waals surface area contributed by atoms with E-state index in [4.69, 9.17) is 9.84 Å². The zero-order valence-corrected chi connectivity index (χ0v) is 21.6. The quantitative estimate of drug-likeness (QED) is 0.292. The monoisotopic (exact) mass is 494 g/mol. The molecule has 8 nitrogen and oxygen atoms in total. The van der Waals surface area contributed by atoms with Crippen molar-refractivity contribution in [2.24, 2.45) is 5.92 Å². The highest BCUT2D eigenvalue weighted by atomic mass is 32.1. The van der Waals surface area contributed by atoms with E-state index in [0.29, 0.717) is 5.75 Å². The van der Waals surface area contributed by atoms with Gasteiger partial charge in [0.05, 0.1) is 0 Å². The first kappa shape index (κ1) is 29.6. The van der Waals surface area contributed by atoms with E-state index >= 15 is 0 Å². The molecule has 1 aliphatic heterocycles. The molecule has 2 rings (SSSR count). The molecule has 1 aliphatic rings. The van der Waals surface area contributed by atoms with Gasteiger partial charge in [0.25, 0.3) is 0 Å². The minimum atomic E-state index is -1.14. The van der Waals surface area contributed by atoms with Crippen molar-refractivity contribution in [3.05, 3.63) is 29.8 Å². The Morgan fingerprint density at radius 2 is 1.88 bits per heavy atom. The lowest BCUT2D eigenvalue weighted by Gasteiger charge is -2.35. The predicted octanol–water partition coefficient (Wildman–Crippen LogP) is 3.04. The Labute approximate surface area is 208 Å². The van der Waals surface area contributed by atoms with E-state index in [1.807, 2.05) is 18.2 Å². The molecule has 2 atom stereocenters. The normalized spacial score (nSPS) is 19.4. The number of amides is 1. The van der Waals surface area contributed by atoms with Gasteiger partial charge < -0.3 is 20.1 Å². The van der Waals surface area contributed by atoms with Gasteiger partial charge in [0.15, 0.2) is 0 Å². The third-order valence-corrected chi connectivity index (χ3v) is 6.41. The van der Waals surface area contributed by atoms with E-state index in [1.54, 1.807) is 19.9 Å². The van der Waals surface area contributed by atoms with Crippen molar-refractivity contribution < 1.29 is 29.0 Å². The summed E-state index contributed by atoms with van der Waals surface area (Å²) in [6.07, 6.45) is 3.65. The van der Waals surface area contributed by atoms with Gasteiger partial charge in [-0.3, -0.25) is 9.59 Å². The van der Waals surface area contributed by atoms with Crippen molar-refractivity contribution in [1.29, 1.82) is 0 Å². The number of benzene rings is 1. The lowest BCUT2D eigenvalue weighted by atomic mass is 9.74. The summed E-state index contributed by atoms with van der Waals surface area (Å²) in [5.41, 5.74) is 1.05. The van der Waals surface area contributed by atoms with Gasteiger partial charge in [0.2, 0.25) is 11.7 Å². The molecule has 0 bridgehead atoms. The minimum absolute atomic E-state index is 0. The molecule has 1 aromatic rings. The van der Waals surface area contributed by atoms with Crippen LogP contribution >= 0.6 is 13.5 Å². The topological polar surface area (TPSA) is 113 Å². The number of ketones is 1. The lowest BCUT2D eigenvalue weighted by molar-refractivity contribution is -0.147. The van der Waals surface area contributed by atoms with Crippen LogP contribution in [0.3, 0.4) is 0 Å². The number of carbonyl (C=O) groups excluding carboxylic acids is 3. The number of carboxylic acids is 1. The highest BCUT2D eigenvalue weighted by Gasteiger charge is 2.33. The maximum Gasteiger partial charge on any atom is 0.379 e. The molecular weight excluding hydrogens is 456 g/mol. The summed E-state index contributed by atoms with van der Waals surface area (Å²) in [7, 11) is 2.12. The first-order chi connectivity index (χ1) is 15.6. The molecule has 1 fully saturated rings. The zero-order valence-electron chi connectivity index (χ0n) is 20.6. The van der Waals surface area contributed by atoms with E-state index in [0.717, 1.165) is 44.3 Å². The lowest BCUT2D eigenvalue weighted by Crippen LogP contribution is -2.44. The van der Waals surface area contributed by atoms with Crippen LogP contribution in [-0.2, 0) is 24.6 Å². The van der Waals surface area contributed by atoms with E-state index in [-0.39, 0.29) is 37.7 Å². The van der Waals surface area contributed by atoms with Gasteiger partial charge in [-0.15, -0.1) is 0 Å². The molecule has 1 heterocycles. The fourth-order valence-corrected chi connectivity index (χ4v) is 4.39. The Kier molecular flexibility index (Phi) is 11.8. The first-order valence-corrected chi connectivity index (χ1v) is 11.6. The number of likely N-dealkylation sites (tertiary alicyclic amines) is 1. The number of carboxylic acid groups (broad SMARTS) is 1. The summed E-state index contributed by atoms with van der Waals surface area (Å²) in [5.74, 6) is -3.59. The number of likely N-dealkylation sites (N-methyl/N-ethyl adjacent to an activating group) is 1. The van der Waals surface area contributed by atoms with Gasteiger partial charge in [0.1, 0.15) is 11.8 Å². The van der Waals surface area contributed by atoms with Gasteiger partial charge in [-0.2, -0.15) is 13.5 Å². The van der Waals surface area contributed by atoms with Crippen LogP contribution in [0.5, 0.6) is 5.75 Å². The largest absolute Gasteiger partial charge is 0.480 e. The molecule has 0 radical (unpaired) electrons. The maximum atomic E-state index is 12.3. The molecule has 0 saturated carbocycles. The molecule has 1 aromatic carbocycles. The summed E-state index contributed by atoms with van der Waals surface area (Å²) >= 11 is 0. The third kappa shape index (κ3) is 8.13. The Hall–Kier alpha value is -2.39. The molecule has 0 aromatic heterocycles.